The van der Waals surface area contributed by atoms with Gasteiger partial charge in [0.15, 0.2) is 0 Å². The molecule has 1 heterocycles. The summed E-state index contributed by atoms with van der Waals surface area (Å²) in [6, 6.07) is 14.7. The van der Waals surface area contributed by atoms with Crippen molar-refractivity contribution < 1.29 is 0 Å². The number of hydrogen-bond acceptors (Lipinski definition) is 1. The van der Waals surface area contributed by atoms with Gasteiger partial charge in [0.2, 0.25) is 0 Å². The Morgan fingerprint density at radius 3 is 2.20 bits per heavy atom. The Hall–Kier alpha value is -1.18. The summed E-state index contributed by atoms with van der Waals surface area (Å²) in [7, 11) is 0. The summed E-state index contributed by atoms with van der Waals surface area (Å²) in [5.74, 6) is 0.524. The second-order valence-electron chi connectivity index (χ2n) is 5.16. The lowest BCUT2D eigenvalue weighted by atomic mass is 10.0. The van der Waals surface area contributed by atoms with E-state index in [1.165, 1.54) is 16.8 Å². The first-order chi connectivity index (χ1) is 9.78. The summed E-state index contributed by atoms with van der Waals surface area (Å²) in [5.41, 5.74) is 5.26. The van der Waals surface area contributed by atoms with Crippen LogP contribution in [0.3, 0.4) is 0 Å². The maximum atomic E-state index is 6.15. The molecule has 0 saturated carbocycles. The summed E-state index contributed by atoms with van der Waals surface area (Å²) in [6.45, 7) is 2.03. The molecule has 0 unspecified atom stereocenters. The Labute approximate surface area is 130 Å². The number of fused-ring (bicyclic) bond motifs is 1. The van der Waals surface area contributed by atoms with Gasteiger partial charge in [0.05, 0.1) is 0 Å². The van der Waals surface area contributed by atoms with E-state index < -0.39 is 0 Å². The van der Waals surface area contributed by atoms with Gasteiger partial charge in [-0.2, -0.15) is 0 Å². The van der Waals surface area contributed by atoms with Crippen LogP contribution in [0.5, 0.6) is 0 Å². The highest BCUT2D eigenvalue weighted by molar-refractivity contribution is 6.31. The molecule has 2 aromatic carbocycles. The average Bonchev–Trinajstić information content (AvgIpc) is 2.70. The molecule has 0 amide bonds. The van der Waals surface area contributed by atoms with Gasteiger partial charge in [-0.15, -0.1) is 11.6 Å². The lowest BCUT2D eigenvalue weighted by molar-refractivity contribution is 0.802. The molecule has 20 heavy (non-hydrogen) atoms. The third kappa shape index (κ3) is 2.79. The van der Waals surface area contributed by atoms with Gasteiger partial charge < -0.3 is 4.90 Å². The standard InChI is InChI=1S/C17H17Cl2N/c18-12-15-5-6-16(19)11-17(15)20-9-7-13-3-1-2-4-14(13)8-10-20/h1-6,11H,7-10,12H2. The molecule has 1 aliphatic heterocycles. The van der Waals surface area contributed by atoms with E-state index in [1.807, 2.05) is 18.2 Å². The molecule has 0 N–H and O–H groups in total. The lowest BCUT2D eigenvalue weighted by Crippen LogP contribution is -2.26. The molecule has 0 aliphatic carbocycles. The van der Waals surface area contributed by atoms with Gasteiger partial charge in [-0.25, -0.2) is 0 Å². The SMILES string of the molecule is ClCc1ccc(Cl)cc1N1CCc2ccccc2CC1. The van der Waals surface area contributed by atoms with Crippen LogP contribution in [0.2, 0.25) is 5.02 Å². The Morgan fingerprint density at radius 2 is 1.60 bits per heavy atom. The number of hydrogen-bond donors (Lipinski definition) is 0. The van der Waals surface area contributed by atoms with Gasteiger partial charge in [0.25, 0.3) is 0 Å². The van der Waals surface area contributed by atoms with Crippen LogP contribution in [0.4, 0.5) is 5.69 Å². The van der Waals surface area contributed by atoms with Crippen LogP contribution in [0.1, 0.15) is 16.7 Å². The normalized spacial score (nSPS) is 14.8. The predicted molar refractivity (Wildman–Crippen MR) is 87.1 cm³/mol. The van der Waals surface area contributed by atoms with E-state index in [0.29, 0.717) is 5.88 Å². The second kappa shape index (κ2) is 6.07. The van der Waals surface area contributed by atoms with Crippen molar-refractivity contribution in [2.24, 2.45) is 0 Å². The first-order valence-electron chi connectivity index (χ1n) is 6.94. The molecule has 0 spiro atoms. The van der Waals surface area contributed by atoms with Gasteiger partial charge in [-0.05, 0) is 41.7 Å². The van der Waals surface area contributed by atoms with Crippen LogP contribution in [-0.2, 0) is 18.7 Å². The molecule has 0 bridgehead atoms. The van der Waals surface area contributed by atoms with Crippen LogP contribution < -0.4 is 4.90 Å². The molecule has 0 atom stereocenters. The van der Waals surface area contributed by atoms with Crippen LogP contribution in [0.15, 0.2) is 42.5 Å². The monoisotopic (exact) mass is 305 g/mol. The smallest absolute Gasteiger partial charge is 0.0494 e. The van der Waals surface area contributed by atoms with Crippen molar-refractivity contribution in [3.8, 4) is 0 Å². The maximum absolute atomic E-state index is 6.15. The van der Waals surface area contributed by atoms with Crippen LogP contribution in [-0.4, -0.2) is 13.1 Å². The van der Waals surface area contributed by atoms with E-state index >= 15 is 0 Å². The number of anilines is 1. The molecular formula is C17H17Cl2N. The topological polar surface area (TPSA) is 3.24 Å². The van der Waals surface area contributed by atoms with Crippen molar-refractivity contribution >= 4 is 28.9 Å². The number of halogens is 2. The molecule has 0 fully saturated rings. The highest BCUT2D eigenvalue weighted by atomic mass is 35.5. The van der Waals surface area contributed by atoms with Crippen molar-refractivity contribution in [2.45, 2.75) is 18.7 Å². The first-order valence-corrected chi connectivity index (χ1v) is 7.85. The third-order valence-corrected chi connectivity index (χ3v) is 4.48. The van der Waals surface area contributed by atoms with E-state index in [9.17, 15) is 0 Å². The van der Waals surface area contributed by atoms with Gasteiger partial charge in [-0.3, -0.25) is 0 Å². The zero-order chi connectivity index (χ0) is 13.9. The largest absolute Gasteiger partial charge is 0.371 e. The second-order valence-corrected chi connectivity index (χ2v) is 5.87. The van der Waals surface area contributed by atoms with Crippen LogP contribution >= 0.6 is 23.2 Å². The van der Waals surface area contributed by atoms with E-state index in [-0.39, 0.29) is 0 Å². The predicted octanol–water partition coefficient (Wildman–Crippen LogP) is 4.68. The number of alkyl halides is 1. The molecule has 2 aromatic rings. The van der Waals surface area contributed by atoms with Crippen molar-refractivity contribution in [1.82, 2.24) is 0 Å². The van der Waals surface area contributed by atoms with Gasteiger partial charge >= 0.3 is 0 Å². The van der Waals surface area contributed by atoms with Crippen molar-refractivity contribution in [1.29, 1.82) is 0 Å². The summed E-state index contributed by atoms with van der Waals surface area (Å²) >= 11 is 12.2. The van der Waals surface area contributed by atoms with Crippen LogP contribution in [0.25, 0.3) is 0 Å². The fraction of sp³-hybridized carbons (Fsp3) is 0.294. The summed E-state index contributed by atoms with van der Waals surface area (Å²) in [5, 5.41) is 0.774. The van der Waals surface area contributed by atoms with E-state index in [2.05, 4.69) is 29.2 Å². The Balaban J connectivity index is 1.88. The fourth-order valence-corrected chi connectivity index (χ4v) is 3.25. The van der Waals surface area contributed by atoms with E-state index in [4.69, 9.17) is 23.2 Å². The molecule has 3 rings (SSSR count). The Kier molecular flexibility index (Phi) is 4.18. The molecule has 1 aliphatic rings. The Bertz CT molecular complexity index is 583. The van der Waals surface area contributed by atoms with Crippen molar-refractivity contribution in [3.05, 3.63) is 64.2 Å². The lowest BCUT2D eigenvalue weighted by Gasteiger charge is -2.25. The zero-order valence-electron chi connectivity index (χ0n) is 11.3. The highest BCUT2D eigenvalue weighted by Gasteiger charge is 2.16. The molecule has 104 valence electrons. The maximum Gasteiger partial charge on any atom is 0.0494 e. The van der Waals surface area contributed by atoms with Crippen molar-refractivity contribution in [2.75, 3.05) is 18.0 Å². The molecule has 3 heteroatoms. The first kappa shape index (κ1) is 13.8. The van der Waals surface area contributed by atoms with E-state index in [0.717, 1.165) is 36.5 Å². The molecular weight excluding hydrogens is 289 g/mol. The molecule has 0 radical (unpaired) electrons. The van der Waals surface area contributed by atoms with Gasteiger partial charge in [0.1, 0.15) is 0 Å². The number of nitrogens with zero attached hydrogens (tertiary/aromatic N) is 1. The third-order valence-electron chi connectivity index (χ3n) is 3.95. The zero-order valence-corrected chi connectivity index (χ0v) is 12.8. The number of benzene rings is 2. The molecule has 0 saturated heterocycles. The number of rotatable bonds is 2. The average molecular weight is 306 g/mol. The molecule has 1 nitrogen and oxygen atoms in total. The minimum atomic E-state index is 0.524. The fourth-order valence-electron chi connectivity index (χ4n) is 2.85. The van der Waals surface area contributed by atoms with Crippen LogP contribution in [0, 0.1) is 0 Å². The van der Waals surface area contributed by atoms with Gasteiger partial charge in [-0.1, -0.05) is 41.9 Å². The minimum absolute atomic E-state index is 0.524. The Morgan fingerprint density at radius 1 is 0.950 bits per heavy atom. The summed E-state index contributed by atoms with van der Waals surface area (Å²) in [4.78, 5) is 2.41. The molecule has 0 aromatic heterocycles. The van der Waals surface area contributed by atoms with Gasteiger partial charge in [0, 0.05) is 29.7 Å². The quantitative estimate of drug-likeness (QED) is 0.728. The summed E-state index contributed by atoms with van der Waals surface area (Å²) < 4.78 is 0. The van der Waals surface area contributed by atoms with Crippen molar-refractivity contribution in [3.63, 3.8) is 0 Å². The summed E-state index contributed by atoms with van der Waals surface area (Å²) in [6.07, 6.45) is 2.15. The highest BCUT2D eigenvalue weighted by Crippen LogP contribution is 2.28. The van der Waals surface area contributed by atoms with E-state index in [1.54, 1.807) is 0 Å². The minimum Gasteiger partial charge on any atom is -0.371 e.